The molecule has 3 amide bonds. The van der Waals surface area contributed by atoms with Crippen LogP contribution in [0.15, 0.2) is 47.6 Å². The minimum atomic E-state index is -0.919. The van der Waals surface area contributed by atoms with Crippen molar-refractivity contribution in [3.8, 4) is 17.2 Å². The first kappa shape index (κ1) is 24.6. The standard InChI is InChI=1S/C24H28N4O6/c1-3-33-21-14-17(6-11-20(21)34-16-22(29)28-12-4-5-13-28)15-25-27-24(31)23(30)26-18-7-9-19(32-2)10-8-18/h6-11,14-15H,3-5,12-13,16H2,1-2H3,(H,26,30)(H,27,31)/b25-15-. The summed E-state index contributed by atoms with van der Waals surface area (Å²) in [6.07, 6.45) is 3.41. The molecule has 2 N–H and O–H groups in total. The lowest BCUT2D eigenvalue weighted by Gasteiger charge is -2.17. The molecule has 1 aliphatic rings. The van der Waals surface area contributed by atoms with Gasteiger partial charge in [-0.2, -0.15) is 5.10 Å². The Morgan fingerprint density at radius 2 is 1.74 bits per heavy atom. The fraction of sp³-hybridized carbons (Fsp3) is 0.333. The van der Waals surface area contributed by atoms with Crippen LogP contribution in [-0.4, -0.2) is 62.2 Å². The summed E-state index contributed by atoms with van der Waals surface area (Å²) in [5.74, 6) is -0.311. The molecule has 0 bridgehead atoms. The average molecular weight is 469 g/mol. The number of hydrogen-bond acceptors (Lipinski definition) is 7. The molecule has 1 heterocycles. The van der Waals surface area contributed by atoms with Gasteiger partial charge in [0, 0.05) is 18.8 Å². The maximum absolute atomic E-state index is 12.2. The number of carbonyl (C=O) groups excluding carboxylic acids is 3. The zero-order valence-corrected chi connectivity index (χ0v) is 19.2. The Kier molecular flexibility index (Phi) is 8.84. The van der Waals surface area contributed by atoms with E-state index in [1.165, 1.54) is 13.3 Å². The minimum absolute atomic E-state index is 0.0544. The third kappa shape index (κ3) is 6.96. The molecule has 0 unspecified atom stereocenters. The Hall–Kier alpha value is -4.08. The Balaban J connectivity index is 1.54. The summed E-state index contributed by atoms with van der Waals surface area (Å²) >= 11 is 0. The topological polar surface area (TPSA) is 119 Å². The van der Waals surface area contributed by atoms with Crippen molar-refractivity contribution in [2.75, 3.05) is 38.7 Å². The third-order valence-corrected chi connectivity index (χ3v) is 5.01. The van der Waals surface area contributed by atoms with Crippen LogP contribution in [-0.2, 0) is 14.4 Å². The van der Waals surface area contributed by atoms with E-state index in [1.807, 2.05) is 6.92 Å². The molecular weight excluding hydrogens is 440 g/mol. The van der Waals surface area contributed by atoms with E-state index in [0.29, 0.717) is 35.1 Å². The normalized spacial score (nSPS) is 12.9. The fourth-order valence-electron chi connectivity index (χ4n) is 3.27. The molecule has 10 nitrogen and oxygen atoms in total. The van der Waals surface area contributed by atoms with Gasteiger partial charge >= 0.3 is 11.8 Å². The van der Waals surface area contributed by atoms with Crippen LogP contribution in [0.2, 0.25) is 0 Å². The zero-order chi connectivity index (χ0) is 24.3. The quantitative estimate of drug-likeness (QED) is 0.331. The van der Waals surface area contributed by atoms with Crippen LogP contribution in [0, 0.1) is 0 Å². The zero-order valence-electron chi connectivity index (χ0n) is 19.2. The van der Waals surface area contributed by atoms with Gasteiger partial charge in [-0.3, -0.25) is 14.4 Å². The van der Waals surface area contributed by atoms with Gasteiger partial charge in [0.15, 0.2) is 18.1 Å². The molecule has 0 aliphatic carbocycles. The smallest absolute Gasteiger partial charge is 0.329 e. The number of anilines is 1. The van der Waals surface area contributed by atoms with E-state index in [-0.39, 0.29) is 12.5 Å². The number of likely N-dealkylation sites (tertiary alicyclic amines) is 1. The van der Waals surface area contributed by atoms with E-state index < -0.39 is 11.8 Å². The molecular formula is C24H28N4O6. The van der Waals surface area contributed by atoms with Crippen LogP contribution >= 0.6 is 0 Å². The minimum Gasteiger partial charge on any atom is -0.497 e. The van der Waals surface area contributed by atoms with Gasteiger partial charge in [0.25, 0.3) is 5.91 Å². The van der Waals surface area contributed by atoms with Crippen LogP contribution in [0.1, 0.15) is 25.3 Å². The SMILES string of the molecule is CCOc1cc(/C=N\NC(=O)C(=O)Nc2ccc(OC)cc2)ccc1OCC(=O)N1CCCC1. The number of hydrogen-bond donors (Lipinski definition) is 2. The first-order chi connectivity index (χ1) is 16.5. The molecule has 0 spiro atoms. The first-order valence-corrected chi connectivity index (χ1v) is 11.0. The van der Waals surface area contributed by atoms with Crippen molar-refractivity contribution in [1.82, 2.24) is 10.3 Å². The fourth-order valence-corrected chi connectivity index (χ4v) is 3.27. The van der Waals surface area contributed by atoms with E-state index >= 15 is 0 Å². The molecule has 180 valence electrons. The number of benzene rings is 2. The molecule has 1 saturated heterocycles. The van der Waals surface area contributed by atoms with Crippen LogP contribution in [0.4, 0.5) is 5.69 Å². The van der Waals surface area contributed by atoms with Gasteiger partial charge < -0.3 is 24.4 Å². The second-order valence-corrected chi connectivity index (χ2v) is 7.40. The molecule has 0 atom stereocenters. The van der Waals surface area contributed by atoms with Gasteiger partial charge in [-0.15, -0.1) is 0 Å². The molecule has 1 aliphatic heterocycles. The average Bonchev–Trinajstić information content (AvgIpc) is 3.39. The number of carbonyl (C=O) groups is 3. The summed E-state index contributed by atoms with van der Waals surface area (Å²) in [7, 11) is 1.54. The number of nitrogens with zero attached hydrogens (tertiary/aromatic N) is 2. The maximum Gasteiger partial charge on any atom is 0.329 e. The van der Waals surface area contributed by atoms with Crippen molar-refractivity contribution < 1.29 is 28.6 Å². The van der Waals surface area contributed by atoms with E-state index in [4.69, 9.17) is 14.2 Å². The second-order valence-electron chi connectivity index (χ2n) is 7.40. The van der Waals surface area contributed by atoms with Gasteiger partial charge in [-0.05, 0) is 67.8 Å². The molecule has 0 aromatic heterocycles. The van der Waals surface area contributed by atoms with Gasteiger partial charge in [-0.1, -0.05) is 0 Å². The van der Waals surface area contributed by atoms with Crippen molar-refractivity contribution in [1.29, 1.82) is 0 Å². The summed E-state index contributed by atoms with van der Waals surface area (Å²) < 4.78 is 16.3. The predicted octanol–water partition coefficient (Wildman–Crippen LogP) is 2.18. The number of ether oxygens (including phenoxy) is 3. The summed E-state index contributed by atoms with van der Waals surface area (Å²) in [4.78, 5) is 38.0. The number of rotatable bonds is 9. The first-order valence-electron chi connectivity index (χ1n) is 11.0. The summed E-state index contributed by atoms with van der Waals surface area (Å²) in [5, 5.41) is 6.30. The number of amides is 3. The summed E-state index contributed by atoms with van der Waals surface area (Å²) in [6, 6.07) is 11.6. The van der Waals surface area contributed by atoms with E-state index in [1.54, 1.807) is 47.4 Å². The molecule has 3 rings (SSSR count). The highest BCUT2D eigenvalue weighted by atomic mass is 16.5. The monoisotopic (exact) mass is 468 g/mol. The molecule has 0 radical (unpaired) electrons. The highest BCUT2D eigenvalue weighted by Gasteiger charge is 2.19. The van der Waals surface area contributed by atoms with Gasteiger partial charge in [0.1, 0.15) is 5.75 Å². The van der Waals surface area contributed by atoms with Crippen molar-refractivity contribution in [2.45, 2.75) is 19.8 Å². The summed E-state index contributed by atoms with van der Waals surface area (Å²) in [5.41, 5.74) is 3.24. The molecule has 1 fully saturated rings. The largest absolute Gasteiger partial charge is 0.497 e. The van der Waals surface area contributed by atoms with E-state index in [9.17, 15) is 14.4 Å². The molecule has 34 heavy (non-hydrogen) atoms. The Labute approximate surface area is 197 Å². The van der Waals surface area contributed by atoms with E-state index in [2.05, 4.69) is 15.8 Å². The van der Waals surface area contributed by atoms with Gasteiger partial charge in [0.2, 0.25) is 0 Å². The van der Waals surface area contributed by atoms with Crippen LogP contribution in [0.3, 0.4) is 0 Å². The maximum atomic E-state index is 12.2. The Morgan fingerprint density at radius 3 is 2.41 bits per heavy atom. The van der Waals surface area contributed by atoms with Crippen LogP contribution < -0.4 is 25.0 Å². The van der Waals surface area contributed by atoms with Gasteiger partial charge in [-0.25, -0.2) is 5.43 Å². The van der Waals surface area contributed by atoms with Gasteiger partial charge in [0.05, 0.1) is 19.9 Å². The number of hydrazone groups is 1. The Morgan fingerprint density at radius 1 is 1.00 bits per heavy atom. The highest BCUT2D eigenvalue weighted by Crippen LogP contribution is 2.28. The molecule has 0 saturated carbocycles. The lowest BCUT2D eigenvalue weighted by molar-refractivity contribution is -0.136. The molecule has 2 aromatic carbocycles. The highest BCUT2D eigenvalue weighted by molar-refractivity contribution is 6.39. The van der Waals surface area contributed by atoms with Crippen molar-refractivity contribution in [3.63, 3.8) is 0 Å². The lowest BCUT2D eigenvalue weighted by atomic mass is 10.2. The number of nitrogens with one attached hydrogen (secondary N) is 2. The molecule has 2 aromatic rings. The predicted molar refractivity (Wildman–Crippen MR) is 126 cm³/mol. The van der Waals surface area contributed by atoms with Crippen LogP contribution in [0.5, 0.6) is 17.2 Å². The summed E-state index contributed by atoms with van der Waals surface area (Å²) in [6.45, 7) is 3.70. The van der Waals surface area contributed by atoms with Crippen LogP contribution in [0.25, 0.3) is 0 Å². The lowest BCUT2D eigenvalue weighted by Crippen LogP contribution is -2.32. The van der Waals surface area contributed by atoms with Crippen molar-refractivity contribution >= 4 is 29.6 Å². The number of methoxy groups -OCH3 is 1. The van der Waals surface area contributed by atoms with Crippen molar-refractivity contribution in [2.24, 2.45) is 5.10 Å². The second kappa shape index (κ2) is 12.2. The molecule has 10 heteroatoms. The van der Waals surface area contributed by atoms with Crippen molar-refractivity contribution in [3.05, 3.63) is 48.0 Å². The third-order valence-electron chi connectivity index (χ3n) is 5.01. The Bertz CT molecular complexity index is 1030. The van der Waals surface area contributed by atoms with E-state index in [0.717, 1.165) is 25.9 Å².